The first-order valence-electron chi connectivity index (χ1n) is 22.8. The molecule has 3 aliphatic heterocycles. The van der Waals surface area contributed by atoms with Crippen molar-refractivity contribution in [3.05, 3.63) is 114 Å². The first-order valence-corrected chi connectivity index (χ1v) is 23.9. The van der Waals surface area contributed by atoms with Crippen LogP contribution < -0.4 is 25.8 Å². The van der Waals surface area contributed by atoms with Gasteiger partial charge in [-0.05, 0) is 121 Å². The van der Waals surface area contributed by atoms with Crippen molar-refractivity contribution in [3.8, 4) is 22.9 Å². The molecule has 2 saturated heterocycles. The molecule has 1 aromatic heterocycles. The monoisotopic (exact) mass is 982 g/mol. The lowest BCUT2D eigenvalue weighted by Crippen LogP contribution is -2.45. The molecule has 3 aromatic carbocycles. The van der Waals surface area contributed by atoms with Crippen LogP contribution in [0, 0.1) is 12.3 Å². The topological polar surface area (TPSA) is 177 Å². The number of unbranched alkanes of at least 4 members (excludes halogenated alkanes) is 2. The lowest BCUT2D eigenvalue weighted by molar-refractivity contribution is -0.139. The fourth-order valence-corrected chi connectivity index (χ4v) is 10.0. The van der Waals surface area contributed by atoms with Gasteiger partial charge >= 0.3 is 12.4 Å². The summed E-state index contributed by atoms with van der Waals surface area (Å²) >= 11 is 0. The maximum Gasteiger partial charge on any atom is 0.419 e. The van der Waals surface area contributed by atoms with E-state index in [0.717, 1.165) is 48.3 Å². The summed E-state index contributed by atoms with van der Waals surface area (Å²) in [6.45, 7) is 12.2. The molecular formula is C48H57F6N10O4P. The van der Waals surface area contributed by atoms with Crippen LogP contribution in [0.15, 0.2) is 100 Å². The van der Waals surface area contributed by atoms with Gasteiger partial charge in [0.2, 0.25) is 11.7 Å². The molecule has 0 radical (unpaired) electrons. The lowest BCUT2D eigenvalue weighted by atomic mass is 10.1. The number of rotatable bonds is 20. The number of aliphatic imine (C=N–C) groups is 1. The SMILES string of the molecule is C=CCN(C(=C)CCCOc1ccc(C2=NOC(C3CCCN3C(N)=NCCCCCOc3ccc(-c4noc([C@@H]5CCCN5C(=N)N)n4)cc3C(F)(F)F)P2)cc1C(F)(F)F)c1ccccc1C. The third-order valence-electron chi connectivity index (χ3n) is 12.2. The van der Waals surface area contributed by atoms with E-state index < -0.39 is 35.4 Å². The number of allylic oxidation sites excluding steroid dienone is 1. The Morgan fingerprint density at radius 3 is 2.28 bits per heavy atom. The third kappa shape index (κ3) is 12.5. The number of anilines is 1. The molecule has 3 unspecified atom stereocenters. The summed E-state index contributed by atoms with van der Waals surface area (Å²) in [6.07, 6.45) is -2.06. The number of para-hydroxylation sites is 1. The molecule has 4 heterocycles. The second kappa shape index (κ2) is 22.4. The zero-order chi connectivity index (χ0) is 49.3. The summed E-state index contributed by atoms with van der Waals surface area (Å²) in [5, 5.41) is 15.9. The number of nitrogens with one attached hydrogen (secondary N) is 1. The number of halogens is 6. The van der Waals surface area contributed by atoms with Crippen LogP contribution in [0.4, 0.5) is 32.0 Å². The number of ether oxygens (including phenoxy) is 2. The van der Waals surface area contributed by atoms with Crippen LogP contribution in [0.5, 0.6) is 11.5 Å². The average Bonchev–Trinajstić information content (AvgIpc) is 4.16. The van der Waals surface area contributed by atoms with Gasteiger partial charge in [-0.3, -0.25) is 10.4 Å². The molecule has 0 saturated carbocycles. The zero-order valence-corrected chi connectivity index (χ0v) is 39.3. The van der Waals surface area contributed by atoms with E-state index in [1.165, 1.54) is 18.2 Å². The van der Waals surface area contributed by atoms with Crippen molar-refractivity contribution in [2.45, 2.75) is 95.0 Å². The number of aryl methyl sites for hydroxylation is 1. The van der Waals surface area contributed by atoms with Gasteiger partial charge in [0, 0.05) is 48.7 Å². The van der Waals surface area contributed by atoms with Crippen LogP contribution in [-0.4, -0.2) is 88.6 Å². The quantitative estimate of drug-likeness (QED) is 0.0192. The number of guanidine groups is 2. The number of alkyl halides is 6. The van der Waals surface area contributed by atoms with Crippen LogP contribution in [0.2, 0.25) is 0 Å². The highest BCUT2D eigenvalue weighted by atomic mass is 31.1. The highest BCUT2D eigenvalue weighted by Gasteiger charge is 2.40. The molecule has 3 aliphatic rings. The van der Waals surface area contributed by atoms with Crippen molar-refractivity contribution in [2.75, 3.05) is 44.3 Å². The Labute approximate surface area is 398 Å². The Morgan fingerprint density at radius 2 is 1.58 bits per heavy atom. The summed E-state index contributed by atoms with van der Waals surface area (Å²) in [5.41, 5.74) is 13.9. The normalized spacial score (nSPS) is 18.9. The summed E-state index contributed by atoms with van der Waals surface area (Å²) < 4.78 is 102. The second-order valence-corrected chi connectivity index (χ2v) is 18.3. The summed E-state index contributed by atoms with van der Waals surface area (Å²) in [5.74, 6) is -0.680. The fourth-order valence-electron chi connectivity index (χ4n) is 8.68. The standard InChI is InChI=1S/C48H57F6N10O4P/c1-4-23-62(36-15-7-6-13-30(36)2)31(3)14-12-27-66-40-21-19-33(29-35(40)48(52,53)54)43-61-68-44(69-43)38-17-11-25-64(38)46(57)58-22-8-5-9-26-65-39-20-18-32(28-34(39)47(49,50)51)41-59-42(67-60-41)37-16-10-24-63(37)45(55)56/h4,6-7,13,15,18-21,28-29,37-38,44,69H,1,3,5,8-12,14,16-17,22-27H2,2H3,(H3,55,56)(H2,57,58)/t37-,38?,44?/m0/s1. The molecule has 0 spiro atoms. The van der Waals surface area contributed by atoms with Gasteiger partial charge in [-0.25, -0.2) is 0 Å². The van der Waals surface area contributed by atoms with Gasteiger partial charge in [-0.2, -0.15) is 31.3 Å². The van der Waals surface area contributed by atoms with Crippen molar-refractivity contribution in [1.29, 1.82) is 5.41 Å². The minimum atomic E-state index is -4.71. The molecular weight excluding hydrogens is 926 g/mol. The highest BCUT2D eigenvalue weighted by molar-refractivity contribution is 7.60. The van der Waals surface area contributed by atoms with Crippen molar-refractivity contribution in [3.63, 3.8) is 0 Å². The lowest BCUT2D eigenvalue weighted by Gasteiger charge is -2.28. The minimum absolute atomic E-state index is 0.0149. The van der Waals surface area contributed by atoms with E-state index in [9.17, 15) is 26.3 Å². The van der Waals surface area contributed by atoms with E-state index in [1.807, 2.05) is 41.0 Å². The van der Waals surface area contributed by atoms with Gasteiger partial charge < -0.3 is 45.0 Å². The Morgan fingerprint density at radius 1 is 0.913 bits per heavy atom. The number of oxime groups is 1. The van der Waals surface area contributed by atoms with E-state index in [0.29, 0.717) is 81.7 Å². The molecule has 7 rings (SSSR count). The average molecular weight is 983 g/mol. The molecule has 0 amide bonds. The predicted octanol–water partition coefficient (Wildman–Crippen LogP) is 10.2. The summed E-state index contributed by atoms with van der Waals surface area (Å²) in [7, 11) is -0.0440. The molecule has 4 aromatic rings. The molecule has 69 heavy (non-hydrogen) atoms. The molecule has 0 aliphatic carbocycles. The first-order chi connectivity index (χ1) is 33.0. The Balaban J connectivity index is 0.864. The molecule has 0 bridgehead atoms. The maximum atomic E-state index is 14.4. The van der Waals surface area contributed by atoms with E-state index in [-0.39, 0.29) is 62.6 Å². The van der Waals surface area contributed by atoms with Gasteiger partial charge in [0.25, 0.3) is 0 Å². The van der Waals surface area contributed by atoms with Crippen LogP contribution in [-0.2, 0) is 17.2 Å². The Hall–Kier alpha value is -6.30. The molecule has 14 nitrogen and oxygen atoms in total. The minimum Gasteiger partial charge on any atom is -0.493 e. The Kier molecular flexibility index (Phi) is 16.4. The highest BCUT2D eigenvalue weighted by Crippen LogP contribution is 2.43. The van der Waals surface area contributed by atoms with Crippen LogP contribution in [0.3, 0.4) is 0 Å². The number of nitrogens with zero attached hydrogens (tertiary/aromatic N) is 7. The summed E-state index contributed by atoms with van der Waals surface area (Å²) in [6, 6.07) is 14.9. The Bertz CT molecular complexity index is 2520. The van der Waals surface area contributed by atoms with Crippen molar-refractivity contribution < 1.29 is 45.2 Å². The first kappa shape index (κ1) is 50.6. The second-order valence-electron chi connectivity index (χ2n) is 17.0. The van der Waals surface area contributed by atoms with Crippen LogP contribution in [0.25, 0.3) is 11.4 Å². The number of benzene rings is 3. The van der Waals surface area contributed by atoms with Crippen molar-refractivity contribution in [1.82, 2.24) is 19.9 Å². The van der Waals surface area contributed by atoms with Gasteiger partial charge in [0.1, 0.15) is 23.0 Å². The van der Waals surface area contributed by atoms with Gasteiger partial charge in [0.05, 0.1) is 30.4 Å². The van der Waals surface area contributed by atoms with E-state index in [1.54, 1.807) is 17.0 Å². The van der Waals surface area contributed by atoms with E-state index in [4.69, 9.17) is 35.7 Å². The molecule has 370 valence electrons. The van der Waals surface area contributed by atoms with Crippen LogP contribution in [0.1, 0.15) is 92.0 Å². The molecule has 5 N–H and O–H groups in total. The van der Waals surface area contributed by atoms with E-state index >= 15 is 0 Å². The fraction of sp³-hybridized carbons (Fsp3) is 0.438. The molecule has 4 atom stereocenters. The third-order valence-corrected chi connectivity index (χ3v) is 13.6. The number of aromatic nitrogens is 2. The molecule has 2 fully saturated rings. The maximum absolute atomic E-state index is 14.4. The van der Waals surface area contributed by atoms with E-state index in [2.05, 4.69) is 33.4 Å². The van der Waals surface area contributed by atoms with Gasteiger partial charge in [-0.1, -0.05) is 41.2 Å². The number of hydrogen-bond acceptors (Lipinski definition) is 10. The predicted molar refractivity (Wildman–Crippen MR) is 255 cm³/mol. The number of hydrogen-bond donors (Lipinski definition) is 3. The van der Waals surface area contributed by atoms with Crippen molar-refractivity contribution in [2.24, 2.45) is 21.6 Å². The number of likely N-dealkylation sites (tertiary alicyclic amines) is 2. The number of nitrogens with two attached hydrogens (primary N) is 2. The van der Waals surface area contributed by atoms with Crippen LogP contribution >= 0.6 is 8.58 Å². The zero-order valence-electron chi connectivity index (χ0n) is 38.3. The largest absolute Gasteiger partial charge is 0.493 e. The van der Waals surface area contributed by atoms with Crippen molar-refractivity contribution >= 4 is 31.6 Å². The summed E-state index contributed by atoms with van der Waals surface area (Å²) in [4.78, 5) is 20.3. The van der Waals surface area contributed by atoms with Gasteiger partial charge in [-0.15, -0.1) is 6.58 Å². The molecule has 21 heteroatoms. The van der Waals surface area contributed by atoms with Gasteiger partial charge in [0.15, 0.2) is 17.8 Å². The smallest absolute Gasteiger partial charge is 0.419 e.